The average Bonchev–Trinajstić information content (AvgIpc) is 2.77. The molecule has 0 bridgehead atoms. The van der Waals surface area contributed by atoms with Gasteiger partial charge in [0.15, 0.2) is 6.10 Å². The highest BCUT2D eigenvalue weighted by Gasteiger charge is 2.34. The lowest BCUT2D eigenvalue weighted by Gasteiger charge is -2.33. The fourth-order valence-electron chi connectivity index (χ4n) is 2.88. The molecule has 2 aliphatic rings. The maximum Gasteiger partial charge on any atom is 0.254 e. The molecule has 2 heterocycles. The molecular weight excluding hydrogens is 284 g/mol. The molecule has 2 fully saturated rings. The zero-order valence-electron chi connectivity index (χ0n) is 12.4. The summed E-state index contributed by atoms with van der Waals surface area (Å²) in [6.07, 6.45) is -0.309. The van der Waals surface area contributed by atoms with Crippen molar-refractivity contribution in [1.82, 2.24) is 10.2 Å². The maximum absolute atomic E-state index is 12.8. The number of amides is 2. The van der Waals surface area contributed by atoms with E-state index in [0.29, 0.717) is 26.3 Å². The van der Waals surface area contributed by atoms with E-state index in [1.165, 1.54) is 0 Å². The number of benzene rings is 1. The van der Waals surface area contributed by atoms with Gasteiger partial charge in [-0.2, -0.15) is 0 Å². The third-order valence-electron chi connectivity index (χ3n) is 3.99. The van der Waals surface area contributed by atoms with Crippen LogP contribution in [0.15, 0.2) is 30.3 Å². The van der Waals surface area contributed by atoms with Crippen LogP contribution < -0.4 is 5.32 Å². The van der Waals surface area contributed by atoms with Crippen molar-refractivity contribution < 1.29 is 19.1 Å². The Hall–Kier alpha value is -1.92. The van der Waals surface area contributed by atoms with E-state index in [9.17, 15) is 9.59 Å². The van der Waals surface area contributed by atoms with Crippen molar-refractivity contribution in [3.63, 3.8) is 0 Å². The molecule has 0 radical (unpaired) electrons. The van der Waals surface area contributed by atoms with Crippen molar-refractivity contribution in [3.8, 4) is 0 Å². The summed E-state index contributed by atoms with van der Waals surface area (Å²) in [5.74, 6) is -0.144. The highest BCUT2D eigenvalue weighted by Crippen LogP contribution is 2.27. The molecule has 22 heavy (non-hydrogen) atoms. The highest BCUT2D eigenvalue weighted by molar-refractivity contribution is 5.84. The minimum Gasteiger partial charge on any atom is -0.376 e. The van der Waals surface area contributed by atoms with E-state index in [-0.39, 0.29) is 30.9 Å². The van der Waals surface area contributed by atoms with Crippen molar-refractivity contribution in [2.24, 2.45) is 0 Å². The van der Waals surface area contributed by atoms with Gasteiger partial charge in [-0.3, -0.25) is 9.59 Å². The van der Waals surface area contributed by atoms with E-state index < -0.39 is 6.10 Å². The predicted octanol–water partition coefficient (Wildman–Crippen LogP) is 0.492. The monoisotopic (exact) mass is 304 g/mol. The van der Waals surface area contributed by atoms with Gasteiger partial charge in [-0.15, -0.1) is 0 Å². The Morgan fingerprint density at radius 2 is 2.05 bits per heavy atom. The second-order valence-electron chi connectivity index (χ2n) is 5.45. The Labute approximate surface area is 129 Å². The van der Waals surface area contributed by atoms with Gasteiger partial charge >= 0.3 is 0 Å². The molecular formula is C16H20N2O4. The lowest BCUT2D eigenvalue weighted by molar-refractivity contribution is -0.160. The average molecular weight is 304 g/mol. The number of rotatable bonds is 2. The van der Waals surface area contributed by atoms with Crippen molar-refractivity contribution in [3.05, 3.63) is 35.9 Å². The Balaban J connectivity index is 1.84. The quantitative estimate of drug-likeness (QED) is 0.863. The molecule has 118 valence electrons. The SMILES string of the molecule is O=C1C[C@@H](c2ccccc2)N(C(=O)[C@H]2COCCO2)CCN1. The van der Waals surface area contributed by atoms with Gasteiger partial charge in [0.25, 0.3) is 5.91 Å². The first-order valence-electron chi connectivity index (χ1n) is 7.57. The molecule has 0 spiro atoms. The number of ether oxygens (including phenoxy) is 2. The molecule has 0 aliphatic carbocycles. The largest absolute Gasteiger partial charge is 0.376 e. The molecule has 0 unspecified atom stereocenters. The van der Waals surface area contributed by atoms with Crippen LogP contribution in [0.25, 0.3) is 0 Å². The molecule has 1 N–H and O–H groups in total. The third kappa shape index (κ3) is 3.28. The first-order chi connectivity index (χ1) is 10.8. The third-order valence-corrected chi connectivity index (χ3v) is 3.99. The molecule has 1 aromatic rings. The molecule has 2 amide bonds. The van der Waals surface area contributed by atoms with Crippen LogP contribution in [0.1, 0.15) is 18.0 Å². The molecule has 0 saturated carbocycles. The van der Waals surface area contributed by atoms with Gasteiger partial charge in [0, 0.05) is 13.1 Å². The van der Waals surface area contributed by atoms with Crippen LogP contribution in [0.3, 0.4) is 0 Å². The molecule has 6 nitrogen and oxygen atoms in total. The molecule has 1 aromatic carbocycles. The van der Waals surface area contributed by atoms with Crippen LogP contribution >= 0.6 is 0 Å². The Morgan fingerprint density at radius 1 is 1.23 bits per heavy atom. The van der Waals surface area contributed by atoms with Gasteiger partial charge in [-0.1, -0.05) is 30.3 Å². The lowest BCUT2D eigenvalue weighted by atomic mass is 10.0. The number of hydrogen-bond acceptors (Lipinski definition) is 4. The van der Waals surface area contributed by atoms with Crippen LogP contribution in [-0.2, 0) is 19.1 Å². The van der Waals surface area contributed by atoms with Crippen LogP contribution in [0.2, 0.25) is 0 Å². The van der Waals surface area contributed by atoms with E-state index in [0.717, 1.165) is 5.56 Å². The van der Waals surface area contributed by atoms with Gasteiger partial charge in [-0.05, 0) is 5.56 Å². The van der Waals surface area contributed by atoms with Crippen LogP contribution in [0.4, 0.5) is 0 Å². The van der Waals surface area contributed by atoms with Crippen molar-refractivity contribution >= 4 is 11.8 Å². The standard InChI is InChI=1S/C16H20N2O4/c19-15-10-13(12-4-2-1-3-5-12)18(7-6-17-15)16(20)14-11-21-8-9-22-14/h1-5,13-14H,6-11H2,(H,17,19)/t13-,14+/m0/s1. The van der Waals surface area contributed by atoms with Gasteiger partial charge < -0.3 is 19.7 Å². The molecule has 6 heteroatoms. The number of carbonyl (C=O) groups excluding carboxylic acids is 2. The van der Waals surface area contributed by atoms with E-state index in [1.807, 2.05) is 30.3 Å². The summed E-state index contributed by atoms with van der Waals surface area (Å²) in [5.41, 5.74) is 0.963. The number of carbonyl (C=O) groups is 2. The van der Waals surface area contributed by atoms with Gasteiger partial charge in [0.05, 0.1) is 32.3 Å². The van der Waals surface area contributed by atoms with E-state index >= 15 is 0 Å². The second kappa shape index (κ2) is 6.89. The van der Waals surface area contributed by atoms with E-state index in [4.69, 9.17) is 9.47 Å². The Kier molecular flexibility index (Phi) is 4.70. The number of hydrogen-bond donors (Lipinski definition) is 1. The minimum absolute atomic E-state index is 0.0371. The first kappa shape index (κ1) is 15.0. The van der Waals surface area contributed by atoms with Crippen molar-refractivity contribution in [1.29, 1.82) is 0 Å². The fraction of sp³-hybridized carbons (Fsp3) is 0.500. The van der Waals surface area contributed by atoms with E-state index in [2.05, 4.69) is 5.32 Å². The summed E-state index contributed by atoms with van der Waals surface area (Å²) in [5, 5.41) is 2.83. The molecule has 2 aliphatic heterocycles. The summed E-state index contributed by atoms with van der Waals surface area (Å²) >= 11 is 0. The number of nitrogens with zero attached hydrogens (tertiary/aromatic N) is 1. The van der Waals surface area contributed by atoms with Crippen molar-refractivity contribution in [2.75, 3.05) is 32.9 Å². The summed E-state index contributed by atoms with van der Waals surface area (Å²) < 4.78 is 10.9. The van der Waals surface area contributed by atoms with Gasteiger partial charge in [-0.25, -0.2) is 0 Å². The van der Waals surface area contributed by atoms with Crippen molar-refractivity contribution in [2.45, 2.75) is 18.6 Å². The normalized spacial score (nSPS) is 26.2. The van der Waals surface area contributed by atoms with E-state index in [1.54, 1.807) is 4.90 Å². The summed E-state index contributed by atoms with van der Waals surface area (Å²) in [4.78, 5) is 26.4. The zero-order chi connectivity index (χ0) is 15.4. The minimum atomic E-state index is -0.576. The van der Waals surface area contributed by atoms with Gasteiger partial charge in [0.2, 0.25) is 5.91 Å². The summed E-state index contributed by atoms with van der Waals surface area (Å²) in [6.45, 7) is 2.16. The lowest BCUT2D eigenvalue weighted by Crippen LogP contribution is -2.47. The molecule has 2 atom stereocenters. The molecule has 2 saturated heterocycles. The molecule has 3 rings (SSSR count). The van der Waals surface area contributed by atoms with Crippen LogP contribution in [-0.4, -0.2) is 55.7 Å². The van der Waals surface area contributed by atoms with Crippen LogP contribution in [0, 0.1) is 0 Å². The smallest absolute Gasteiger partial charge is 0.254 e. The predicted molar refractivity (Wildman–Crippen MR) is 79.1 cm³/mol. The second-order valence-corrected chi connectivity index (χ2v) is 5.45. The van der Waals surface area contributed by atoms with Crippen LogP contribution in [0.5, 0.6) is 0 Å². The number of nitrogens with one attached hydrogen (secondary N) is 1. The summed E-state index contributed by atoms with van der Waals surface area (Å²) in [7, 11) is 0. The topological polar surface area (TPSA) is 67.9 Å². The maximum atomic E-state index is 12.8. The highest BCUT2D eigenvalue weighted by atomic mass is 16.6. The van der Waals surface area contributed by atoms with Gasteiger partial charge in [0.1, 0.15) is 0 Å². The molecule has 0 aromatic heterocycles. The Morgan fingerprint density at radius 3 is 2.77 bits per heavy atom. The Bertz CT molecular complexity index is 528. The summed E-state index contributed by atoms with van der Waals surface area (Å²) in [6, 6.07) is 9.39. The first-order valence-corrected chi connectivity index (χ1v) is 7.57. The fourth-order valence-corrected chi connectivity index (χ4v) is 2.88. The zero-order valence-corrected chi connectivity index (χ0v) is 12.4.